The minimum Gasteiger partial charge on any atom is -0.314 e. The Morgan fingerprint density at radius 1 is 0.760 bits per heavy atom. The molecule has 1 saturated heterocycles. The molecule has 25 heavy (non-hydrogen) atoms. The molecule has 2 heteroatoms. The van der Waals surface area contributed by atoms with E-state index in [-0.39, 0.29) is 0 Å². The maximum Gasteiger partial charge on any atom is 0.0107 e. The molecule has 1 aliphatic heterocycles. The van der Waals surface area contributed by atoms with Gasteiger partial charge in [0.15, 0.2) is 0 Å². The second-order valence-corrected chi connectivity index (χ2v) is 7.61. The van der Waals surface area contributed by atoms with Crippen molar-refractivity contribution in [3.63, 3.8) is 0 Å². The van der Waals surface area contributed by atoms with Crippen molar-refractivity contribution in [2.45, 2.75) is 38.5 Å². The summed E-state index contributed by atoms with van der Waals surface area (Å²) in [5.41, 5.74) is 7.61. The molecule has 5 aliphatic rings. The van der Waals surface area contributed by atoms with Crippen LogP contribution in [-0.2, 0) is 32.1 Å². The van der Waals surface area contributed by atoms with E-state index in [1.165, 1.54) is 55.6 Å². The number of hydrogen-bond donors (Lipinski definition) is 1. The number of aryl methyl sites for hydroxylation is 5. The molecular weight excluding hydrogens is 304 g/mol. The molecule has 2 nitrogen and oxygen atoms in total. The average molecular weight is 335 g/mol. The lowest BCUT2D eigenvalue weighted by Crippen LogP contribution is -2.43. The summed E-state index contributed by atoms with van der Waals surface area (Å²) in [6.45, 7) is 5.97. The van der Waals surface area contributed by atoms with Crippen LogP contribution in [0.25, 0.3) is 0 Å². The topological polar surface area (TPSA) is 15.3 Å². The Hall–Kier alpha value is -1.64. The number of nitrogens with zero attached hydrogens (tertiary/aromatic N) is 1. The van der Waals surface area contributed by atoms with Gasteiger partial charge in [0.25, 0.3) is 0 Å². The van der Waals surface area contributed by atoms with E-state index in [9.17, 15) is 0 Å². The Morgan fingerprint density at radius 3 is 2.16 bits per heavy atom. The summed E-state index contributed by atoms with van der Waals surface area (Å²) < 4.78 is 0. The molecule has 1 N–H and O–H groups in total. The number of hydrogen-bond acceptors (Lipinski definition) is 2. The van der Waals surface area contributed by atoms with Gasteiger partial charge in [-0.2, -0.15) is 0 Å². The van der Waals surface area contributed by atoms with Gasteiger partial charge < -0.3 is 10.2 Å². The summed E-state index contributed by atoms with van der Waals surface area (Å²) in [5.74, 6) is 0. The van der Waals surface area contributed by atoms with Crippen LogP contribution in [0.5, 0.6) is 0 Å². The van der Waals surface area contributed by atoms with E-state index in [1.807, 2.05) is 0 Å². The van der Waals surface area contributed by atoms with E-state index in [0.717, 1.165) is 32.4 Å². The maximum absolute atomic E-state index is 3.44. The van der Waals surface area contributed by atoms with Crippen LogP contribution < -0.4 is 5.32 Å². The Bertz CT molecular complexity index is 684. The molecule has 4 aliphatic carbocycles. The van der Waals surface area contributed by atoms with Gasteiger partial charge in [-0.25, -0.2) is 0 Å². The fourth-order valence-corrected chi connectivity index (χ4v) is 4.18. The molecule has 4 bridgehead atoms. The molecule has 7 rings (SSSR count). The first kappa shape index (κ1) is 16.8. The highest BCUT2D eigenvalue weighted by molar-refractivity contribution is 5.35. The van der Waals surface area contributed by atoms with Gasteiger partial charge in [0, 0.05) is 26.2 Å². The van der Waals surface area contributed by atoms with Crippen LogP contribution in [0.2, 0.25) is 0 Å². The van der Waals surface area contributed by atoms with Crippen LogP contribution in [0.15, 0.2) is 42.5 Å². The lowest BCUT2D eigenvalue weighted by Gasteiger charge is -2.27. The highest BCUT2D eigenvalue weighted by atomic mass is 15.2. The molecule has 1 fully saturated rings. The van der Waals surface area contributed by atoms with Crippen molar-refractivity contribution in [1.82, 2.24) is 10.2 Å². The SMILES string of the molecule is c1cc2ccc1CCc1ccc(c(CCCN3CCNCC3)c1)CC2. The zero-order valence-corrected chi connectivity index (χ0v) is 15.3. The zero-order chi connectivity index (χ0) is 16.9. The number of rotatable bonds is 4. The largest absolute Gasteiger partial charge is 0.314 e. The number of benzene rings is 2. The molecule has 0 amide bonds. The van der Waals surface area contributed by atoms with Gasteiger partial charge in [0.05, 0.1) is 0 Å². The second-order valence-electron chi connectivity index (χ2n) is 7.61. The molecular formula is C23H30N2. The third-order valence-corrected chi connectivity index (χ3v) is 5.81. The van der Waals surface area contributed by atoms with Gasteiger partial charge >= 0.3 is 0 Å². The van der Waals surface area contributed by atoms with Crippen LogP contribution in [-0.4, -0.2) is 37.6 Å². The van der Waals surface area contributed by atoms with Crippen molar-refractivity contribution in [1.29, 1.82) is 0 Å². The Labute approximate surface area is 152 Å². The van der Waals surface area contributed by atoms with Crippen LogP contribution >= 0.6 is 0 Å². The predicted molar refractivity (Wildman–Crippen MR) is 105 cm³/mol. The average Bonchev–Trinajstić information content (AvgIpc) is 2.65. The summed E-state index contributed by atoms with van der Waals surface area (Å²) >= 11 is 0. The third-order valence-electron chi connectivity index (χ3n) is 5.81. The van der Waals surface area contributed by atoms with Crippen LogP contribution in [0.4, 0.5) is 0 Å². The highest BCUT2D eigenvalue weighted by Gasteiger charge is 2.11. The quantitative estimate of drug-likeness (QED) is 0.922. The first-order chi connectivity index (χ1) is 12.4. The van der Waals surface area contributed by atoms with Crippen LogP contribution in [0, 0.1) is 0 Å². The molecule has 0 aromatic heterocycles. The van der Waals surface area contributed by atoms with E-state index in [2.05, 4.69) is 52.7 Å². The summed E-state index contributed by atoms with van der Waals surface area (Å²) in [6, 6.07) is 16.6. The molecule has 132 valence electrons. The van der Waals surface area contributed by atoms with Gasteiger partial charge in [-0.15, -0.1) is 0 Å². The highest BCUT2D eigenvalue weighted by Crippen LogP contribution is 2.20. The Balaban J connectivity index is 1.44. The number of piperazine rings is 1. The molecule has 0 spiro atoms. The lowest BCUT2D eigenvalue weighted by atomic mass is 9.91. The van der Waals surface area contributed by atoms with Gasteiger partial charge in [0.2, 0.25) is 0 Å². The van der Waals surface area contributed by atoms with E-state index < -0.39 is 0 Å². The summed E-state index contributed by atoms with van der Waals surface area (Å²) in [6.07, 6.45) is 7.15. The van der Waals surface area contributed by atoms with Crippen LogP contribution in [0.1, 0.15) is 34.2 Å². The maximum atomic E-state index is 3.44. The first-order valence-electron chi connectivity index (χ1n) is 9.98. The summed E-state index contributed by atoms with van der Waals surface area (Å²) in [4.78, 5) is 2.61. The molecule has 1 heterocycles. The molecule has 0 saturated carbocycles. The Kier molecular flexibility index (Phi) is 5.49. The van der Waals surface area contributed by atoms with Gasteiger partial charge in [-0.05, 0) is 72.9 Å². The van der Waals surface area contributed by atoms with E-state index in [4.69, 9.17) is 0 Å². The fourth-order valence-electron chi connectivity index (χ4n) is 4.18. The van der Waals surface area contributed by atoms with Gasteiger partial charge in [-0.1, -0.05) is 42.5 Å². The van der Waals surface area contributed by atoms with Gasteiger partial charge in [0.1, 0.15) is 0 Å². The zero-order valence-electron chi connectivity index (χ0n) is 15.3. The van der Waals surface area contributed by atoms with Crippen molar-refractivity contribution < 1.29 is 0 Å². The van der Waals surface area contributed by atoms with Crippen molar-refractivity contribution in [2.75, 3.05) is 32.7 Å². The third kappa shape index (κ3) is 4.50. The van der Waals surface area contributed by atoms with Crippen molar-refractivity contribution in [3.05, 3.63) is 70.3 Å². The first-order valence-corrected chi connectivity index (χ1v) is 9.98. The standard InChI is InChI=1S/C23H30N2/c1(15-25-16-13-24-14-17-25)2-23-18-21-8-7-19-3-5-20(6-4-19)9-11-22(23)12-10-21/h3-6,10,12,18,24H,1-2,7-9,11,13-17H2. The predicted octanol–water partition coefficient (Wildman–Crippen LogP) is 3.41. The molecule has 0 unspecified atom stereocenters. The van der Waals surface area contributed by atoms with Crippen molar-refractivity contribution in [3.8, 4) is 0 Å². The smallest absolute Gasteiger partial charge is 0.0107 e. The van der Waals surface area contributed by atoms with E-state index in [1.54, 1.807) is 11.1 Å². The van der Waals surface area contributed by atoms with Gasteiger partial charge in [-0.3, -0.25) is 0 Å². The Morgan fingerprint density at radius 2 is 1.40 bits per heavy atom. The molecule has 0 radical (unpaired) electrons. The normalized spacial score (nSPS) is 18.1. The van der Waals surface area contributed by atoms with E-state index in [0.29, 0.717) is 0 Å². The van der Waals surface area contributed by atoms with Crippen LogP contribution in [0.3, 0.4) is 0 Å². The van der Waals surface area contributed by atoms with E-state index >= 15 is 0 Å². The number of nitrogens with one attached hydrogen (secondary N) is 1. The fraction of sp³-hybridized carbons (Fsp3) is 0.478. The minimum atomic E-state index is 1.15. The molecule has 2 aromatic carbocycles. The second kappa shape index (κ2) is 8.16. The minimum absolute atomic E-state index is 1.15. The summed E-state index contributed by atoms with van der Waals surface area (Å²) in [7, 11) is 0. The molecule has 0 atom stereocenters. The molecule has 2 aromatic rings. The van der Waals surface area contributed by atoms with Crippen molar-refractivity contribution >= 4 is 0 Å². The summed E-state index contributed by atoms with van der Waals surface area (Å²) in [5, 5.41) is 3.44. The monoisotopic (exact) mass is 334 g/mol. The van der Waals surface area contributed by atoms with Crippen molar-refractivity contribution in [2.24, 2.45) is 0 Å². The lowest BCUT2D eigenvalue weighted by molar-refractivity contribution is 0.238.